The van der Waals surface area contributed by atoms with E-state index in [0.717, 1.165) is 0 Å². The lowest BCUT2D eigenvalue weighted by Crippen LogP contribution is -2.47. The molecule has 1 aliphatic rings. The van der Waals surface area contributed by atoms with Gasteiger partial charge in [-0.05, 0) is 19.1 Å². The molecule has 0 bridgehead atoms. The van der Waals surface area contributed by atoms with Crippen molar-refractivity contribution in [3.05, 3.63) is 30.1 Å². The molecular weight excluding hydrogens is 277 g/mol. The Morgan fingerprint density at radius 2 is 2.33 bits per heavy atom. The maximum atomic E-state index is 13.3. The lowest BCUT2D eigenvalue weighted by atomic mass is 9.97. The average Bonchev–Trinajstić information content (AvgIpc) is 2.79. The average molecular weight is 297 g/mol. The summed E-state index contributed by atoms with van der Waals surface area (Å²) < 4.78 is 23.8. The predicted molar refractivity (Wildman–Crippen MR) is 74.5 cm³/mol. The van der Waals surface area contributed by atoms with Gasteiger partial charge >= 0.3 is 0 Å². The number of ether oxygens (including phenoxy) is 2. The van der Waals surface area contributed by atoms with Gasteiger partial charge in [0.05, 0.1) is 19.1 Å². The van der Waals surface area contributed by atoms with Crippen LogP contribution in [0.2, 0.25) is 0 Å². The van der Waals surface area contributed by atoms with Crippen molar-refractivity contribution in [2.45, 2.75) is 31.5 Å². The molecule has 0 aliphatic carbocycles. The Bertz CT molecular complexity index is 496. The molecule has 2 N–H and O–H groups in total. The van der Waals surface area contributed by atoms with Gasteiger partial charge in [-0.15, -0.1) is 0 Å². The summed E-state index contributed by atoms with van der Waals surface area (Å²) in [7, 11) is 0. The van der Waals surface area contributed by atoms with E-state index in [-0.39, 0.29) is 37.3 Å². The Morgan fingerprint density at radius 1 is 1.57 bits per heavy atom. The minimum atomic E-state index is -1.01. The third-order valence-corrected chi connectivity index (χ3v) is 3.67. The first-order valence-electron chi connectivity index (χ1n) is 6.99. The Balaban J connectivity index is 1.70. The number of rotatable bonds is 6. The Morgan fingerprint density at radius 3 is 3.00 bits per heavy atom. The second kappa shape index (κ2) is 6.87. The van der Waals surface area contributed by atoms with Crippen molar-refractivity contribution in [1.29, 1.82) is 0 Å². The molecule has 1 aliphatic heterocycles. The molecule has 1 fully saturated rings. The molecule has 2 unspecified atom stereocenters. The molecule has 0 spiro atoms. The summed E-state index contributed by atoms with van der Waals surface area (Å²) in [5.41, 5.74) is -1.01. The monoisotopic (exact) mass is 297 g/mol. The summed E-state index contributed by atoms with van der Waals surface area (Å²) in [6.45, 7) is 2.49. The number of carbonyl (C=O) groups excluding carboxylic acids is 1. The molecule has 0 radical (unpaired) electrons. The van der Waals surface area contributed by atoms with Crippen molar-refractivity contribution in [3.8, 4) is 5.75 Å². The first kappa shape index (κ1) is 15.7. The van der Waals surface area contributed by atoms with E-state index >= 15 is 0 Å². The predicted octanol–water partition coefficient (Wildman–Crippen LogP) is 1.25. The molecule has 6 heteroatoms. The van der Waals surface area contributed by atoms with Crippen molar-refractivity contribution < 1.29 is 23.8 Å². The fourth-order valence-corrected chi connectivity index (χ4v) is 2.16. The van der Waals surface area contributed by atoms with Crippen LogP contribution in [0.25, 0.3) is 0 Å². The van der Waals surface area contributed by atoms with Crippen LogP contribution in [-0.2, 0) is 9.53 Å². The van der Waals surface area contributed by atoms with E-state index in [1.165, 1.54) is 12.1 Å². The SMILES string of the molecule is CC1OCCC1(O)CNC(=O)CCOc1ccccc1F. The van der Waals surface area contributed by atoms with Gasteiger partial charge < -0.3 is 19.9 Å². The van der Waals surface area contributed by atoms with Crippen molar-refractivity contribution in [1.82, 2.24) is 5.32 Å². The zero-order valence-electron chi connectivity index (χ0n) is 12.0. The van der Waals surface area contributed by atoms with Crippen molar-refractivity contribution >= 4 is 5.91 Å². The standard InChI is InChI=1S/C15H20FNO4/c1-11-15(19,7-9-20-11)10-17-14(18)6-8-21-13-5-3-2-4-12(13)16/h2-5,11,19H,6-10H2,1H3,(H,17,18). The Kier molecular flexibility index (Phi) is 5.14. The summed E-state index contributed by atoms with van der Waals surface area (Å²) in [6.07, 6.45) is 0.298. The highest BCUT2D eigenvalue weighted by Gasteiger charge is 2.39. The van der Waals surface area contributed by atoms with E-state index in [9.17, 15) is 14.3 Å². The first-order valence-corrected chi connectivity index (χ1v) is 6.99. The number of nitrogens with one attached hydrogen (secondary N) is 1. The smallest absolute Gasteiger partial charge is 0.223 e. The summed E-state index contributed by atoms with van der Waals surface area (Å²) >= 11 is 0. The normalized spacial score (nSPS) is 24.8. The number of benzene rings is 1. The van der Waals surface area contributed by atoms with E-state index in [2.05, 4.69) is 5.32 Å². The third kappa shape index (κ3) is 4.15. The fraction of sp³-hybridized carbons (Fsp3) is 0.533. The maximum absolute atomic E-state index is 13.3. The Hall–Kier alpha value is -1.66. The molecule has 21 heavy (non-hydrogen) atoms. The van der Waals surface area contributed by atoms with Crippen LogP contribution in [0.5, 0.6) is 5.75 Å². The number of hydrogen-bond acceptors (Lipinski definition) is 4. The molecule has 2 rings (SSSR count). The van der Waals surface area contributed by atoms with Crippen LogP contribution in [0.15, 0.2) is 24.3 Å². The topological polar surface area (TPSA) is 67.8 Å². The molecule has 2 atom stereocenters. The molecule has 1 aromatic rings. The number of halogens is 1. The third-order valence-electron chi connectivity index (χ3n) is 3.67. The van der Waals surface area contributed by atoms with Gasteiger partial charge in [-0.2, -0.15) is 0 Å². The van der Waals surface area contributed by atoms with Crippen LogP contribution in [0.4, 0.5) is 4.39 Å². The second-order valence-corrected chi connectivity index (χ2v) is 5.17. The number of carbonyl (C=O) groups is 1. The van der Waals surface area contributed by atoms with Gasteiger partial charge in [0.15, 0.2) is 11.6 Å². The maximum Gasteiger partial charge on any atom is 0.223 e. The first-order chi connectivity index (χ1) is 10.0. The van der Waals surface area contributed by atoms with E-state index < -0.39 is 11.4 Å². The zero-order chi connectivity index (χ0) is 15.3. The number of para-hydroxylation sites is 1. The van der Waals surface area contributed by atoms with Crippen LogP contribution in [-0.4, -0.2) is 42.5 Å². The van der Waals surface area contributed by atoms with E-state index in [0.29, 0.717) is 13.0 Å². The van der Waals surface area contributed by atoms with E-state index in [4.69, 9.17) is 9.47 Å². The van der Waals surface area contributed by atoms with E-state index in [1.807, 2.05) is 0 Å². The molecule has 1 amide bonds. The minimum Gasteiger partial charge on any atom is -0.490 e. The zero-order valence-corrected chi connectivity index (χ0v) is 12.0. The quantitative estimate of drug-likeness (QED) is 0.829. The van der Waals surface area contributed by atoms with Gasteiger partial charge in [-0.3, -0.25) is 4.79 Å². The summed E-state index contributed by atoms with van der Waals surface area (Å²) in [5.74, 6) is -0.579. The lowest BCUT2D eigenvalue weighted by Gasteiger charge is -2.26. The molecular formula is C15H20FNO4. The molecule has 5 nitrogen and oxygen atoms in total. The molecule has 1 aromatic carbocycles. The van der Waals surface area contributed by atoms with Gasteiger partial charge in [-0.25, -0.2) is 4.39 Å². The highest BCUT2D eigenvalue weighted by atomic mass is 19.1. The molecule has 0 saturated carbocycles. The van der Waals surface area contributed by atoms with Crippen molar-refractivity contribution in [2.75, 3.05) is 19.8 Å². The number of amides is 1. The van der Waals surface area contributed by atoms with Crippen LogP contribution in [0, 0.1) is 5.82 Å². The van der Waals surface area contributed by atoms with Gasteiger partial charge in [0.25, 0.3) is 0 Å². The molecule has 1 heterocycles. The largest absolute Gasteiger partial charge is 0.490 e. The lowest BCUT2D eigenvalue weighted by molar-refractivity contribution is -0.123. The van der Waals surface area contributed by atoms with Crippen LogP contribution in [0.3, 0.4) is 0 Å². The Labute approximate surface area is 123 Å². The van der Waals surface area contributed by atoms with Crippen LogP contribution in [0.1, 0.15) is 19.8 Å². The van der Waals surface area contributed by atoms with Gasteiger partial charge in [0, 0.05) is 19.6 Å². The molecule has 1 saturated heterocycles. The molecule has 0 aromatic heterocycles. The van der Waals surface area contributed by atoms with Gasteiger partial charge in [0.1, 0.15) is 5.60 Å². The highest BCUT2D eigenvalue weighted by Crippen LogP contribution is 2.24. The van der Waals surface area contributed by atoms with Crippen LogP contribution >= 0.6 is 0 Å². The second-order valence-electron chi connectivity index (χ2n) is 5.17. The molecule has 116 valence electrons. The number of aliphatic hydroxyl groups is 1. The van der Waals surface area contributed by atoms with Gasteiger partial charge in [0.2, 0.25) is 5.91 Å². The van der Waals surface area contributed by atoms with Gasteiger partial charge in [-0.1, -0.05) is 12.1 Å². The van der Waals surface area contributed by atoms with Crippen molar-refractivity contribution in [3.63, 3.8) is 0 Å². The highest BCUT2D eigenvalue weighted by molar-refractivity contribution is 5.76. The summed E-state index contributed by atoms with van der Waals surface area (Å²) in [4.78, 5) is 11.7. The summed E-state index contributed by atoms with van der Waals surface area (Å²) in [6, 6.07) is 6.04. The van der Waals surface area contributed by atoms with Crippen LogP contribution < -0.4 is 10.1 Å². The van der Waals surface area contributed by atoms with E-state index in [1.54, 1.807) is 19.1 Å². The van der Waals surface area contributed by atoms with Crippen molar-refractivity contribution in [2.24, 2.45) is 0 Å². The minimum absolute atomic E-state index is 0.0806. The number of hydrogen-bond donors (Lipinski definition) is 2. The fourth-order valence-electron chi connectivity index (χ4n) is 2.16. The summed E-state index contributed by atoms with van der Waals surface area (Å²) in [5, 5.41) is 12.9.